The van der Waals surface area contributed by atoms with E-state index in [2.05, 4.69) is 68.8 Å². The fourth-order valence-corrected chi connectivity index (χ4v) is 2.21. The van der Waals surface area contributed by atoms with Crippen LogP contribution < -0.4 is 0 Å². The van der Waals surface area contributed by atoms with E-state index in [9.17, 15) is 0 Å². The molecule has 0 radical (unpaired) electrons. The topological polar surface area (TPSA) is 17.8 Å². The van der Waals surface area contributed by atoms with E-state index >= 15 is 0 Å². The second-order valence-electron chi connectivity index (χ2n) is 5.75. The number of rotatable bonds is 3. The van der Waals surface area contributed by atoms with E-state index in [0.29, 0.717) is 0 Å². The average molecular weight is 242 g/mol. The van der Waals surface area contributed by atoms with E-state index in [1.165, 1.54) is 11.3 Å². The number of hydrogen-bond acceptors (Lipinski definition) is 1. The van der Waals surface area contributed by atoms with E-state index in [-0.39, 0.29) is 5.41 Å². The molecule has 0 fully saturated rings. The quantitative estimate of drug-likeness (QED) is 0.800. The lowest BCUT2D eigenvalue weighted by Crippen LogP contribution is -2.17. The summed E-state index contributed by atoms with van der Waals surface area (Å²) in [6, 6.07) is 12.8. The van der Waals surface area contributed by atoms with Gasteiger partial charge in [-0.05, 0) is 18.6 Å². The maximum absolute atomic E-state index is 4.71. The summed E-state index contributed by atoms with van der Waals surface area (Å²) >= 11 is 0. The molecule has 2 rings (SSSR count). The van der Waals surface area contributed by atoms with Gasteiger partial charge in [0.25, 0.3) is 0 Å². The number of aryl methyl sites for hydroxylation is 1. The monoisotopic (exact) mass is 242 g/mol. The molecule has 0 spiro atoms. The molecule has 18 heavy (non-hydrogen) atoms. The highest BCUT2D eigenvalue weighted by molar-refractivity contribution is 5.25. The van der Waals surface area contributed by atoms with Gasteiger partial charge >= 0.3 is 0 Å². The van der Waals surface area contributed by atoms with Crippen LogP contribution in [0, 0.1) is 0 Å². The van der Waals surface area contributed by atoms with Crippen molar-refractivity contribution in [1.29, 1.82) is 0 Å². The van der Waals surface area contributed by atoms with Crippen LogP contribution in [0.15, 0.2) is 36.4 Å². The Hall–Kier alpha value is -1.57. The van der Waals surface area contributed by atoms with Crippen molar-refractivity contribution >= 4 is 0 Å². The fourth-order valence-electron chi connectivity index (χ4n) is 2.21. The smallest absolute Gasteiger partial charge is 0.0671 e. The first kappa shape index (κ1) is 12.9. The Labute approximate surface area is 110 Å². The summed E-state index contributed by atoms with van der Waals surface area (Å²) in [4.78, 5) is 0. The average Bonchev–Trinajstić information content (AvgIpc) is 2.73. The third-order valence-electron chi connectivity index (χ3n) is 3.13. The SMILES string of the molecule is CCn1nc(Cc2ccccc2)cc1C(C)(C)C. The summed E-state index contributed by atoms with van der Waals surface area (Å²) in [6.07, 6.45) is 0.914. The van der Waals surface area contributed by atoms with Crippen molar-refractivity contribution < 1.29 is 0 Å². The summed E-state index contributed by atoms with van der Waals surface area (Å²) < 4.78 is 2.12. The van der Waals surface area contributed by atoms with Gasteiger partial charge in [0.2, 0.25) is 0 Å². The molecule has 0 aliphatic carbocycles. The summed E-state index contributed by atoms with van der Waals surface area (Å²) in [6.45, 7) is 9.79. The van der Waals surface area contributed by atoms with Crippen molar-refractivity contribution in [3.8, 4) is 0 Å². The van der Waals surface area contributed by atoms with E-state index in [1.807, 2.05) is 0 Å². The summed E-state index contributed by atoms with van der Waals surface area (Å²) in [5, 5.41) is 4.71. The van der Waals surface area contributed by atoms with E-state index < -0.39 is 0 Å². The predicted molar refractivity (Wildman–Crippen MR) is 75.8 cm³/mol. The summed E-state index contributed by atoms with van der Waals surface area (Å²) in [5.41, 5.74) is 3.94. The van der Waals surface area contributed by atoms with Crippen LogP contribution in [0.1, 0.15) is 44.6 Å². The van der Waals surface area contributed by atoms with Gasteiger partial charge in [-0.15, -0.1) is 0 Å². The molecular weight excluding hydrogens is 220 g/mol. The number of benzene rings is 1. The minimum Gasteiger partial charge on any atom is -0.269 e. The zero-order chi connectivity index (χ0) is 13.2. The summed E-state index contributed by atoms with van der Waals surface area (Å²) in [7, 11) is 0. The van der Waals surface area contributed by atoms with Crippen molar-refractivity contribution in [3.05, 3.63) is 53.3 Å². The lowest BCUT2D eigenvalue weighted by molar-refractivity contribution is 0.497. The van der Waals surface area contributed by atoms with Crippen LogP contribution in [0.4, 0.5) is 0 Å². The Morgan fingerprint density at radius 2 is 1.78 bits per heavy atom. The van der Waals surface area contributed by atoms with Gasteiger partial charge in [-0.3, -0.25) is 4.68 Å². The highest BCUT2D eigenvalue weighted by Crippen LogP contribution is 2.24. The van der Waals surface area contributed by atoms with Gasteiger partial charge < -0.3 is 0 Å². The molecular formula is C16H22N2. The molecule has 1 aromatic carbocycles. The minimum absolute atomic E-state index is 0.151. The van der Waals surface area contributed by atoms with Gasteiger partial charge in [0.05, 0.1) is 5.69 Å². The van der Waals surface area contributed by atoms with Crippen LogP contribution in [-0.4, -0.2) is 9.78 Å². The van der Waals surface area contributed by atoms with Crippen LogP contribution in [-0.2, 0) is 18.4 Å². The van der Waals surface area contributed by atoms with Crippen LogP contribution in [0.5, 0.6) is 0 Å². The molecule has 0 saturated heterocycles. The maximum Gasteiger partial charge on any atom is 0.0671 e. The Morgan fingerprint density at radius 3 is 2.28 bits per heavy atom. The molecule has 0 amide bonds. The highest BCUT2D eigenvalue weighted by atomic mass is 15.3. The molecule has 2 nitrogen and oxygen atoms in total. The molecule has 0 bridgehead atoms. The first-order chi connectivity index (χ1) is 8.50. The molecule has 1 aromatic heterocycles. The number of aromatic nitrogens is 2. The zero-order valence-electron chi connectivity index (χ0n) is 11.8. The van der Waals surface area contributed by atoms with Crippen molar-refractivity contribution in [3.63, 3.8) is 0 Å². The van der Waals surface area contributed by atoms with Crippen LogP contribution in [0.3, 0.4) is 0 Å². The molecule has 0 N–H and O–H groups in total. The van der Waals surface area contributed by atoms with Crippen molar-refractivity contribution in [2.75, 3.05) is 0 Å². The van der Waals surface area contributed by atoms with Gasteiger partial charge in [0.1, 0.15) is 0 Å². The first-order valence-electron chi connectivity index (χ1n) is 6.62. The van der Waals surface area contributed by atoms with Crippen LogP contribution in [0.2, 0.25) is 0 Å². The molecule has 2 aromatic rings. The van der Waals surface area contributed by atoms with Gasteiger partial charge in [-0.25, -0.2) is 0 Å². The molecule has 96 valence electrons. The number of nitrogens with zero attached hydrogens (tertiary/aromatic N) is 2. The largest absolute Gasteiger partial charge is 0.269 e. The molecule has 0 atom stereocenters. The second kappa shape index (κ2) is 4.97. The Morgan fingerprint density at radius 1 is 1.11 bits per heavy atom. The Kier molecular flexibility index (Phi) is 3.55. The number of hydrogen-bond donors (Lipinski definition) is 0. The van der Waals surface area contributed by atoms with Crippen LogP contribution >= 0.6 is 0 Å². The molecule has 0 aliphatic heterocycles. The van der Waals surface area contributed by atoms with Gasteiger partial charge in [-0.2, -0.15) is 5.10 Å². The van der Waals surface area contributed by atoms with Gasteiger partial charge in [-0.1, -0.05) is 51.1 Å². The molecule has 0 aliphatic rings. The Balaban J connectivity index is 2.28. The van der Waals surface area contributed by atoms with E-state index in [4.69, 9.17) is 5.10 Å². The van der Waals surface area contributed by atoms with Gasteiger partial charge in [0.15, 0.2) is 0 Å². The Bertz CT molecular complexity index is 504. The van der Waals surface area contributed by atoms with Crippen molar-refractivity contribution in [2.45, 2.75) is 46.1 Å². The zero-order valence-corrected chi connectivity index (χ0v) is 11.8. The van der Waals surface area contributed by atoms with Crippen molar-refractivity contribution in [2.24, 2.45) is 0 Å². The van der Waals surface area contributed by atoms with Crippen molar-refractivity contribution in [1.82, 2.24) is 9.78 Å². The van der Waals surface area contributed by atoms with E-state index in [0.717, 1.165) is 18.7 Å². The third kappa shape index (κ3) is 2.81. The van der Waals surface area contributed by atoms with Gasteiger partial charge in [0, 0.05) is 24.1 Å². The highest BCUT2D eigenvalue weighted by Gasteiger charge is 2.20. The molecule has 1 heterocycles. The molecule has 0 saturated carbocycles. The third-order valence-corrected chi connectivity index (χ3v) is 3.13. The standard InChI is InChI=1S/C16H22N2/c1-5-18-15(16(2,3)4)12-14(17-18)11-13-9-7-6-8-10-13/h6-10,12H,5,11H2,1-4H3. The second-order valence-corrected chi connectivity index (χ2v) is 5.75. The van der Waals surface area contributed by atoms with E-state index in [1.54, 1.807) is 0 Å². The normalized spacial score (nSPS) is 11.8. The fraction of sp³-hybridized carbons (Fsp3) is 0.438. The molecule has 0 unspecified atom stereocenters. The van der Waals surface area contributed by atoms with Crippen LogP contribution in [0.25, 0.3) is 0 Å². The minimum atomic E-state index is 0.151. The lowest BCUT2D eigenvalue weighted by atomic mass is 9.91. The predicted octanol–water partition coefficient (Wildman–Crippen LogP) is 3.79. The summed E-state index contributed by atoms with van der Waals surface area (Å²) in [5.74, 6) is 0. The first-order valence-corrected chi connectivity index (χ1v) is 6.62. The lowest BCUT2D eigenvalue weighted by Gasteiger charge is -2.19. The molecule has 2 heteroatoms. The maximum atomic E-state index is 4.71.